The van der Waals surface area contributed by atoms with E-state index in [1.165, 1.54) is 55.2 Å². The summed E-state index contributed by atoms with van der Waals surface area (Å²) in [4.78, 5) is 2.45. The van der Waals surface area contributed by atoms with Crippen molar-refractivity contribution < 1.29 is 4.42 Å². The van der Waals surface area contributed by atoms with Crippen molar-refractivity contribution in [3.63, 3.8) is 0 Å². The van der Waals surface area contributed by atoms with Gasteiger partial charge in [-0.25, -0.2) is 0 Å². The summed E-state index contributed by atoms with van der Waals surface area (Å²) in [7, 11) is 0. The van der Waals surface area contributed by atoms with Crippen LogP contribution in [0.4, 0.5) is 17.1 Å². The molecule has 0 bridgehead atoms. The smallest absolute Gasteiger partial charge is 0.136 e. The molecule has 0 unspecified atom stereocenters. The molecule has 1 aromatic heterocycles. The number of hydrogen-bond acceptors (Lipinski definition) is 2. The molecule has 1 aliphatic rings. The summed E-state index contributed by atoms with van der Waals surface area (Å²) in [5.41, 5.74) is 12.9. The third-order valence-electron chi connectivity index (χ3n) is 9.64. The molecule has 214 valence electrons. The molecule has 1 heterocycles. The molecule has 8 aromatic rings. The highest BCUT2D eigenvalue weighted by atomic mass is 16.3. The number of hydrogen-bond donors (Lipinski definition) is 0. The molecule has 0 saturated carbocycles. The van der Waals surface area contributed by atoms with Gasteiger partial charge in [-0.2, -0.15) is 0 Å². The maximum absolute atomic E-state index is 6.22. The zero-order chi connectivity index (χ0) is 30.1. The second-order valence-corrected chi connectivity index (χ2v) is 12.6. The molecule has 0 radical (unpaired) electrons. The Balaban J connectivity index is 1.31. The Morgan fingerprint density at radius 3 is 2.16 bits per heavy atom. The summed E-state index contributed by atoms with van der Waals surface area (Å²) < 4.78 is 6.22. The predicted molar refractivity (Wildman–Crippen MR) is 189 cm³/mol. The lowest BCUT2D eigenvalue weighted by Crippen LogP contribution is -2.16. The van der Waals surface area contributed by atoms with Crippen LogP contribution in [0.2, 0.25) is 0 Å². The molecule has 2 heteroatoms. The monoisotopic (exact) mass is 577 g/mol. The van der Waals surface area contributed by atoms with Gasteiger partial charge in [0.05, 0.1) is 5.69 Å². The summed E-state index contributed by atoms with van der Waals surface area (Å²) in [5.74, 6) is 0. The largest absolute Gasteiger partial charge is 0.456 e. The number of nitrogens with zero attached hydrogens (tertiary/aromatic N) is 1. The van der Waals surface area contributed by atoms with Crippen molar-refractivity contribution in [2.24, 2.45) is 0 Å². The van der Waals surface area contributed by atoms with E-state index in [4.69, 9.17) is 4.42 Å². The summed E-state index contributed by atoms with van der Waals surface area (Å²) in [6.45, 7) is 4.69. The Bertz CT molecular complexity index is 2410. The van der Waals surface area contributed by atoms with E-state index in [1.807, 2.05) is 12.1 Å². The van der Waals surface area contributed by atoms with Crippen LogP contribution in [0.1, 0.15) is 25.0 Å². The van der Waals surface area contributed by atoms with Crippen molar-refractivity contribution in [3.8, 4) is 22.3 Å². The second-order valence-electron chi connectivity index (χ2n) is 12.6. The highest BCUT2D eigenvalue weighted by Crippen LogP contribution is 2.54. The Labute approximate surface area is 262 Å². The molecule has 0 saturated heterocycles. The standard InChI is InChI=1S/C43H31NO/c1-43(2)36-18-8-6-16-34(36)42-37(43)19-11-20-38(42)44(31-15-10-14-29(26-31)28-12-4-3-5-13-28)32-23-24-33-30(27-32)22-25-40-41(33)35-17-7-9-21-39(35)45-40/h3-27H,1-2H3. The van der Waals surface area contributed by atoms with Crippen LogP contribution >= 0.6 is 0 Å². The maximum atomic E-state index is 6.22. The molecule has 0 amide bonds. The average molecular weight is 578 g/mol. The molecule has 0 fully saturated rings. The SMILES string of the molecule is CC1(C)c2ccccc2-c2c(N(c3cccc(-c4ccccc4)c3)c3ccc4c(ccc5oc6ccccc6c54)c3)cccc21. The molecular weight excluding hydrogens is 546 g/mol. The van der Waals surface area contributed by atoms with E-state index in [0.29, 0.717) is 0 Å². The number of benzene rings is 7. The Hall–Kier alpha value is -5.60. The van der Waals surface area contributed by atoms with E-state index in [1.54, 1.807) is 0 Å². The van der Waals surface area contributed by atoms with E-state index in [9.17, 15) is 0 Å². The molecule has 9 rings (SSSR count). The highest BCUT2D eigenvalue weighted by molar-refractivity contribution is 6.19. The van der Waals surface area contributed by atoms with Crippen LogP contribution in [0.25, 0.3) is 55.0 Å². The maximum Gasteiger partial charge on any atom is 0.136 e. The number of rotatable bonds is 4. The topological polar surface area (TPSA) is 16.4 Å². The molecule has 7 aromatic carbocycles. The average Bonchev–Trinajstić information content (AvgIpc) is 3.58. The lowest BCUT2D eigenvalue weighted by Gasteiger charge is -2.29. The van der Waals surface area contributed by atoms with Gasteiger partial charge < -0.3 is 9.32 Å². The van der Waals surface area contributed by atoms with Gasteiger partial charge in [-0.05, 0) is 81.1 Å². The third kappa shape index (κ3) is 3.89. The lowest BCUT2D eigenvalue weighted by atomic mass is 9.82. The van der Waals surface area contributed by atoms with Gasteiger partial charge in [-0.15, -0.1) is 0 Å². The zero-order valence-electron chi connectivity index (χ0n) is 25.3. The van der Waals surface area contributed by atoms with Crippen LogP contribution in [0.5, 0.6) is 0 Å². The van der Waals surface area contributed by atoms with E-state index in [2.05, 4.69) is 158 Å². The summed E-state index contributed by atoms with van der Waals surface area (Å²) in [5, 5.41) is 4.70. The van der Waals surface area contributed by atoms with Gasteiger partial charge >= 0.3 is 0 Å². The van der Waals surface area contributed by atoms with Crippen molar-refractivity contribution in [3.05, 3.63) is 163 Å². The minimum absolute atomic E-state index is 0.0865. The van der Waals surface area contributed by atoms with Crippen molar-refractivity contribution in [1.82, 2.24) is 0 Å². The first-order valence-corrected chi connectivity index (χ1v) is 15.6. The van der Waals surface area contributed by atoms with Crippen LogP contribution in [0.3, 0.4) is 0 Å². The van der Waals surface area contributed by atoms with Crippen molar-refractivity contribution >= 4 is 49.8 Å². The van der Waals surface area contributed by atoms with Crippen LogP contribution in [0.15, 0.2) is 156 Å². The summed E-state index contributed by atoms with van der Waals surface area (Å²) in [6.07, 6.45) is 0. The molecule has 1 aliphatic carbocycles. The van der Waals surface area contributed by atoms with Crippen LogP contribution in [-0.4, -0.2) is 0 Å². The van der Waals surface area contributed by atoms with Gasteiger partial charge in [-0.1, -0.05) is 123 Å². The van der Waals surface area contributed by atoms with E-state index < -0.39 is 0 Å². The number of anilines is 3. The lowest BCUT2D eigenvalue weighted by molar-refractivity contribution is 0.660. The first-order valence-electron chi connectivity index (χ1n) is 15.6. The highest BCUT2D eigenvalue weighted by Gasteiger charge is 2.37. The molecule has 0 aliphatic heterocycles. The van der Waals surface area contributed by atoms with Gasteiger partial charge in [-0.3, -0.25) is 0 Å². The Morgan fingerprint density at radius 2 is 1.24 bits per heavy atom. The molecule has 0 N–H and O–H groups in total. The fraction of sp³-hybridized carbons (Fsp3) is 0.0698. The fourth-order valence-corrected chi connectivity index (χ4v) is 7.48. The van der Waals surface area contributed by atoms with Crippen LogP contribution < -0.4 is 4.90 Å². The van der Waals surface area contributed by atoms with Crippen molar-refractivity contribution in [2.75, 3.05) is 4.90 Å². The van der Waals surface area contributed by atoms with E-state index in [-0.39, 0.29) is 5.41 Å². The number of fused-ring (bicyclic) bond motifs is 8. The van der Waals surface area contributed by atoms with Gasteiger partial charge in [0.1, 0.15) is 11.2 Å². The van der Waals surface area contributed by atoms with Crippen molar-refractivity contribution in [2.45, 2.75) is 19.3 Å². The summed E-state index contributed by atoms with van der Waals surface area (Å²) in [6, 6.07) is 54.8. The van der Waals surface area contributed by atoms with Crippen LogP contribution in [-0.2, 0) is 5.41 Å². The zero-order valence-corrected chi connectivity index (χ0v) is 25.3. The number of para-hydroxylation sites is 1. The molecular formula is C43H31NO. The first-order chi connectivity index (χ1) is 22.1. The summed E-state index contributed by atoms with van der Waals surface area (Å²) >= 11 is 0. The molecule has 2 nitrogen and oxygen atoms in total. The minimum Gasteiger partial charge on any atom is -0.456 e. The Morgan fingerprint density at radius 1 is 0.511 bits per heavy atom. The van der Waals surface area contributed by atoms with E-state index in [0.717, 1.165) is 27.9 Å². The third-order valence-corrected chi connectivity index (χ3v) is 9.64. The first kappa shape index (κ1) is 25.9. The fourth-order valence-electron chi connectivity index (χ4n) is 7.48. The normalized spacial score (nSPS) is 13.3. The molecule has 0 atom stereocenters. The minimum atomic E-state index is -0.0865. The van der Waals surface area contributed by atoms with Gasteiger partial charge in [0.25, 0.3) is 0 Å². The van der Waals surface area contributed by atoms with E-state index >= 15 is 0 Å². The van der Waals surface area contributed by atoms with Crippen LogP contribution in [0, 0.1) is 0 Å². The Kier molecular flexibility index (Phi) is 5.58. The van der Waals surface area contributed by atoms with Crippen molar-refractivity contribution in [1.29, 1.82) is 0 Å². The number of furan rings is 1. The second kappa shape index (κ2) is 9.70. The quantitative estimate of drug-likeness (QED) is 0.207. The van der Waals surface area contributed by atoms with Gasteiger partial charge in [0.15, 0.2) is 0 Å². The molecule has 0 spiro atoms. The molecule has 45 heavy (non-hydrogen) atoms. The van der Waals surface area contributed by atoms with Gasteiger partial charge in [0, 0.05) is 33.1 Å². The van der Waals surface area contributed by atoms with Gasteiger partial charge in [0.2, 0.25) is 0 Å². The predicted octanol–water partition coefficient (Wildman–Crippen LogP) is 12.2.